The van der Waals surface area contributed by atoms with E-state index in [-0.39, 0.29) is 0 Å². The van der Waals surface area contributed by atoms with E-state index in [2.05, 4.69) is 40.6 Å². The van der Waals surface area contributed by atoms with Crippen molar-refractivity contribution in [1.29, 1.82) is 0 Å². The molecule has 0 radical (unpaired) electrons. The molecule has 0 fully saturated rings. The fourth-order valence-electron chi connectivity index (χ4n) is 3.30. The minimum atomic E-state index is 0.523. The summed E-state index contributed by atoms with van der Waals surface area (Å²) >= 11 is 0. The number of hydrogen-bond donors (Lipinski definition) is 1. The lowest BCUT2D eigenvalue weighted by Gasteiger charge is -2.09. The zero-order valence-electron chi connectivity index (χ0n) is 16.2. The first-order valence-electron chi connectivity index (χ1n) is 9.73. The van der Waals surface area contributed by atoms with E-state index in [1.807, 2.05) is 77.5 Å². The van der Waals surface area contributed by atoms with Crippen LogP contribution in [-0.2, 0) is 0 Å². The molecular weight excluding hydrogens is 370 g/mol. The van der Waals surface area contributed by atoms with Crippen molar-refractivity contribution in [1.82, 2.24) is 19.7 Å². The molecule has 5 heteroatoms. The summed E-state index contributed by atoms with van der Waals surface area (Å²) < 4.78 is 1.87. The third kappa shape index (κ3) is 3.69. The predicted molar refractivity (Wildman–Crippen MR) is 120 cm³/mol. The molecule has 0 amide bonds. The van der Waals surface area contributed by atoms with E-state index in [1.165, 1.54) is 0 Å². The van der Waals surface area contributed by atoms with Crippen LogP contribution in [0.5, 0.6) is 0 Å². The summed E-state index contributed by atoms with van der Waals surface area (Å²) in [4.78, 5) is 9.07. The van der Waals surface area contributed by atoms with Gasteiger partial charge in [-0.15, -0.1) is 0 Å². The van der Waals surface area contributed by atoms with E-state index in [9.17, 15) is 0 Å². The highest BCUT2D eigenvalue weighted by atomic mass is 15.3. The normalized spacial score (nSPS) is 10.7. The first kappa shape index (κ1) is 17.8. The highest BCUT2D eigenvalue weighted by Crippen LogP contribution is 2.28. The molecule has 0 aliphatic rings. The molecule has 0 unspecified atom stereocenters. The van der Waals surface area contributed by atoms with Gasteiger partial charge in [-0.3, -0.25) is 0 Å². The van der Waals surface area contributed by atoms with Crippen molar-refractivity contribution in [3.8, 4) is 28.3 Å². The number of rotatable bonds is 5. The van der Waals surface area contributed by atoms with Crippen LogP contribution < -0.4 is 5.32 Å². The summed E-state index contributed by atoms with van der Waals surface area (Å²) in [6.07, 6.45) is 1.74. The Morgan fingerprint density at radius 3 is 2.00 bits per heavy atom. The van der Waals surface area contributed by atoms with Crippen molar-refractivity contribution in [2.75, 3.05) is 5.32 Å². The van der Waals surface area contributed by atoms with Gasteiger partial charge in [0, 0.05) is 29.1 Å². The van der Waals surface area contributed by atoms with Gasteiger partial charge in [-0.2, -0.15) is 10.1 Å². The molecule has 0 aliphatic heterocycles. The first-order chi connectivity index (χ1) is 14.9. The smallest absolute Gasteiger partial charge is 0.229 e. The molecule has 5 rings (SSSR count). The Labute approximate surface area is 174 Å². The first-order valence-corrected chi connectivity index (χ1v) is 9.73. The highest BCUT2D eigenvalue weighted by Gasteiger charge is 2.14. The lowest BCUT2D eigenvalue weighted by atomic mass is 10.1. The van der Waals surface area contributed by atoms with Gasteiger partial charge in [-0.25, -0.2) is 9.67 Å². The van der Waals surface area contributed by atoms with E-state index < -0.39 is 0 Å². The number of para-hydroxylation sites is 1. The zero-order valence-corrected chi connectivity index (χ0v) is 16.2. The number of nitrogens with one attached hydrogen (secondary N) is 1. The van der Waals surface area contributed by atoms with Gasteiger partial charge in [-0.05, 0) is 18.2 Å². The Morgan fingerprint density at radius 2 is 1.30 bits per heavy atom. The molecule has 5 nitrogen and oxygen atoms in total. The van der Waals surface area contributed by atoms with Gasteiger partial charge in [0.2, 0.25) is 5.95 Å². The zero-order chi connectivity index (χ0) is 20.2. The second kappa shape index (κ2) is 8.01. The quantitative estimate of drug-likeness (QED) is 0.416. The van der Waals surface area contributed by atoms with E-state index in [4.69, 9.17) is 10.1 Å². The summed E-state index contributed by atoms with van der Waals surface area (Å²) in [5.41, 5.74) is 4.93. The molecule has 2 heterocycles. The predicted octanol–water partition coefficient (Wildman–Crippen LogP) is 5.74. The minimum Gasteiger partial charge on any atom is -0.324 e. The Morgan fingerprint density at radius 1 is 0.667 bits per heavy atom. The van der Waals surface area contributed by atoms with Crippen LogP contribution in [0.25, 0.3) is 28.3 Å². The molecule has 0 aliphatic carbocycles. The Balaban J connectivity index is 1.59. The molecule has 0 atom stereocenters. The van der Waals surface area contributed by atoms with Crippen molar-refractivity contribution in [2.24, 2.45) is 0 Å². The minimum absolute atomic E-state index is 0.523. The van der Waals surface area contributed by atoms with E-state index in [0.29, 0.717) is 11.8 Å². The van der Waals surface area contributed by atoms with Crippen LogP contribution >= 0.6 is 0 Å². The third-order valence-corrected chi connectivity index (χ3v) is 4.74. The van der Waals surface area contributed by atoms with Crippen LogP contribution in [0.3, 0.4) is 0 Å². The Bertz CT molecular complexity index is 1250. The second-order valence-corrected chi connectivity index (χ2v) is 6.79. The SMILES string of the molecule is c1ccc(Nc2nccc(-n3nc(-c4ccccc4)cc3-c3ccccc3)n2)cc1. The topological polar surface area (TPSA) is 55.6 Å². The summed E-state index contributed by atoms with van der Waals surface area (Å²) in [7, 11) is 0. The van der Waals surface area contributed by atoms with Crippen molar-refractivity contribution in [3.63, 3.8) is 0 Å². The summed E-state index contributed by atoms with van der Waals surface area (Å²) in [6.45, 7) is 0. The van der Waals surface area contributed by atoms with Crippen LogP contribution in [0.1, 0.15) is 0 Å². The molecule has 3 aromatic carbocycles. The van der Waals surface area contributed by atoms with E-state index >= 15 is 0 Å². The number of aromatic nitrogens is 4. The standard InChI is InChI=1S/C25H19N5/c1-4-10-19(11-5-1)22-18-23(20-12-6-2-7-13-20)30(29-22)24-16-17-26-25(28-24)27-21-14-8-3-9-15-21/h1-18H,(H,26,27,28). The van der Waals surface area contributed by atoms with Crippen molar-refractivity contribution >= 4 is 11.6 Å². The maximum atomic E-state index is 4.87. The van der Waals surface area contributed by atoms with Gasteiger partial charge in [-0.1, -0.05) is 78.9 Å². The van der Waals surface area contributed by atoms with E-state index in [0.717, 1.165) is 28.2 Å². The molecule has 30 heavy (non-hydrogen) atoms. The van der Waals surface area contributed by atoms with Crippen molar-refractivity contribution < 1.29 is 0 Å². The second-order valence-electron chi connectivity index (χ2n) is 6.79. The molecule has 1 N–H and O–H groups in total. The highest BCUT2D eigenvalue weighted by molar-refractivity contribution is 5.70. The third-order valence-electron chi connectivity index (χ3n) is 4.74. The van der Waals surface area contributed by atoms with Crippen LogP contribution in [0.4, 0.5) is 11.6 Å². The number of benzene rings is 3. The number of anilines is 2. The number of hydrogen-bond acceptors (Lipinski definition) is 4. The monoisotopic (exact) mass is 389 g/mol. The van der Waals surface area contributed by atoms with Gasteiger partial charge in [0.05, 0.1) is 11.4 Å². The van der Waals surface area contributed by atoms with Crippen LogP contribution in [0.15, 0.2) is 109 Å². The molecular formula is C25H19N5. The number of nitrogens with zero attached hydrogens (tertiary/aromatic N) is 4. The molecule has 0 saturated heterocycles. The molecule has 0 spiro atoms. The average Bonchev–Trinajstić information content (AvgIpc) is 3.27. The molecule has 0 bridgehead atoms. The Hall–Kier alpha value is -4.25. The molecule has 0 saturated carbocycles. The van der Waals surface area contributed by atoms with E-state index in [1.54, 1.807) is 6.20 Å². The molecule has 144 valence electrons. The fraction of sp³-hybridized carbons (Fsp3) is 0. The van der Waals surface area contributed by atoms with Gasteiger partial charge < -0.3 is 5.32 Å². The van der Waals surface area contributed by atoms with Crippen LogP contribution in [0, 0.1) is 0 Å². The van der Waals surface area contributed by atoms with Crippen LogP contribution in [-0.4, -0.2) is 19.7 Å². The van der Waals surface area contributed by atoms with Crippen molar-refractivity contribution in [3.05, 3.63) is 109 Å². The maximum Gasteiger partial charge on any atom is 0.229 e. The fourth-order valence-corrected chi connectivity index (χ4v) is 3.30. The summed E-state index contributed by atoms with van der Waals surface area (Å²) in [5, 5.41) is 8.12. The lowest BCUT2D eigenvalue weighted by Crippen LogP contribution is -2.05. The van der Waals surface area contributed by atoms with Crippen molar-refractivity contribution in [2.45, 2.75) is 0 Å². The van der Waals surface area contributed by atoms with Crippen LogP contribution in [0.2, 0.25) is 0 Å². The van der Waals surface area contributed by atoms with Gasteiger partial charge >= 0.3 is 0 Å². The molecule has 2 aromatic heterocycles. The van der Waals surface area contributed by atoms with Gasteiger partial charge in [0.25, 0.3) is 0 Å². The largest absolute Gasteiger partial charge is 0.324 e. The lowest BCUT2D eigenvalue weighted by molar-refractivity contribution is 0.852. The average molecular weight is 389 g/mol. The maximum absolute atomic E-state index is 4.87. The Kier molecular flexibility index (Phi) is 4.76. The molecule has 5 aromatic rings. The summed E-state index contributed by atoms with van der Waals surface area (Å²) in [6, 6.07) is 34.2. The summed E-state index contributed by atoms with van der Waals surface area (Å²) in [5.74, 6) is 1.22. The van der Waals surface area contributed by atoms with Gasteiger partial charge in [0.15, 0.2) is 5.82 Å². The van der Waals surface area contributed by atoms with Gasteiger partial charge in [0.1, 0.15) is 0 Å².